The normalized spacial score (nSPS) is 12.6. The molecule has 90 valence electrons. The highest BCUT2D eigenvalue weighted by Crippen LogP contribution is 1.97. The molecule has 0 atom stereocenters. The van der Waals surface area contributed by atoms with Crippen molar-refractivity contribution in [2.24, 2.45) is 0 Å². The third-order valence-electron chi connectivity index (χ3n) is 2.11. The highest BCUT2D eigenvalue weighted by molar-refractivity contribution is 5.87. The van der Waals surface area contributed by atoms with Crippen LogP contribution in [0.3, 0.4) is 0 Å². The molecule has 0 aliphatic rings. The first-order valence-corrected chi connectivity index (χ1v) is 5.82. The summed E-state index contributed by atoms with van der Waals surface area (Å²) in [7, 11) is 0. The number of carbonyl (C=O) groups excluding carboxylic acids is 1. The van der Waals surface area contributed by atoms with E-state index < -0.39 is 0 Å². The molecule has 0 aromatic rings. The Kier molecular flexibility index (Phi) is 9.38. The Hall–Kier alpha value is -1.31. The summed E-state index contributed by atoms with van der Waals surface area (Å²) in [6.07, 6.45) is 13.0. The molecule has 0 fully saturated rings. The van der Waals surface area contributed by atoms with Crippen molar-refractivity contribution >= 4 is 5.97 Å². The van der Waals surface area contributed by atoms with Gasteiger partial charge in [0.1, 0.15) is 0 Å². The van der Waals surface area contributed by atoms with E-state index in [0.29, 0.717) is 12.2 Å². The maximum atomic E-state index is 11.2. The van der Waals surface area contributed by atoms with Crippen molar-refractivity contribution in [1.82, 2.24) is 0 Å². The van der Waals surface area contributed by atoms with Crippen LogP contribution < -0.4 is 0 Å². The second kappa shape index (κ2) is 10.2. The van der Waals surface area contributed by atoms with Gasteiger partial charge in [0.25, 0.3) is 0 Å². The van der Waals surface area contributed by atoms with Gasteiger partial charge in [0.05, 0.1) is 6.61 Å². The Morgan fingerprint density at radius 3 is 2.50 bits per heavy atom. The molecular formula is C14H22O2. The maximum absolute atomic E-state index is 11.2. The highest BCUT2D eigenvalue weighted by Gasteiger charge is 2.02. The summed E-state index contributed by atoms with van der Waals surface area (Å²) in [6, 6.07) is 0. The van der Waals surface area contributed by atoms with Gasteiger partial charge in [-0.05, 0) is 33.1 Å². The molecule has 0 spiro atoms. The van der Waals surface area contributed by atoms with Gasteiger partial charge in [0.2, 0.25) is 0 Å². The van der Waals surface area contributed by atoms with Crippen molar-refractivity contribution in [1.29, 1.82) is 0 Å². The average molecular weight is 222 g/mol. The molecule has 0 saturated heterocycles. The topological polar surface area (TPSA) is 26.3 Å². The molecule has 0 heterocycles. The molecule has 0 rings (SSSR count). The maximum Gasteiger partial charge on any atom is 0.333 e. The van der Waals surface area contributed by atoms with Crippen molar-refractivity contribution in [3.05, 3.63) is 36.0 Å². The van der Waals surface area contributed by atoms with Gasteiger partial charge >= 0.3 is 5.97 Å². The molecule has 0 radical (unpaired) electrons. The van der Waals surface area contributed by atoms with Gasteiger partial charge in [-0.2, -0.15) is 0 Å². The molecule has 2 nitrogen and oxygen atoms in total. The van der Waals surface area contributed by atoms with E-state index in [2.05, 4.69) is 25.2 Å². The molecule has 16 heavy (non-hydrogen) atoms. The Morgan fingerprint density at radius 2 is 1.88 bits per heavy atom. The molecule has 0 aromatic carbocycles. The lowest BCUT2D eigenvalue weighted by atomic mass is 10.3. The molecule has 0 bridgehead atoms. The molecule has 0 unspecified atom stereocenters. The molecule has 0 aromatic heterocycles. The molecule has 0 N–H and O–H groups in total. The van der Waals surface area contributed by atoms with E-state index in [9.17, 15) is 4.79 Å². The minimum atomic E-state index is -0.221. The van der Waals surface area contributed by atoms with Crippen LogP contribution in [0.15, 0.2) is 36.0 Å². The lowest BCUT2D eigenvalue weighted by Gasteiger charge is -2.01. The molecule has 2 heteroatoms. The largest absolute Gasteiger partial charge is 0.462 e. The first kappa shape index (κ1) is 14.7. The van der Waals surface area contributed by atoms with Crippen molar-refractivity contribution in [3.63, 3.8) is 0 Å². The summed E-state index contributed by atoms with van der Waals surface area (Å²) >= 11 is 0. The van der Waals surface area contributed by atoms with Crippen molar-refractivity contribution < 1.29 is 9.53 Å². The fourth-order valence-corrected chi connectivity index (χ4v) is 1.01. The van der Waals surface area contributed by atoms with Crippen LogP contribution in [0.2, 0.25) is 0 Å². The van der Waals surface area contributed by atoms with Gasteiger partial charge in [-0.25, -0.2) is 4.79 Å². The van der Waals surface area contributed by atoms with Crippen LogP contribution in [0.4, 0.5) is 0 Å². The van der Waals surface area contributed by atoms with Crippen LogP contribution in [0, 0.1) is 0 Å². The average Bonchev–Trinajstić information content (AvgIpc) is 2.31. The van der Waals surface area contributed by atoms with Gasteiger partial charge < -0.3 is 4.74 Å². The molecule has 0 aliphatic carbocycles. The number of hydrogen-bond donors (Lipinski definition) is 0. The minimum Gasteiger partial charge on any atom is -0.462 e. The number of rotatable bonds is 7. The number of hydrogen-bond acceptors (Lipinski definition) is 2. The molecular weight excluding hydrogens is 200 g/mol. The lowest BCUT2D eigenvalue weighted by Crippen LogP contribution is -2.06. The van der Waals surface area contributed by atoms with E-state index in [1.54, 1.807) is 13.0 Å². The first-order chi connectivity index (χ1) is 7.72. The van der Waals surface area contributed by atoms with E-state index in [4.69, 9.17) is 4.74 Å². The summed E-state index contributed by atoms with van der Waals surface area (Å²) < 4.78 is 5.05. The fourth-order valence-electron chi connectivity index (χ4n) is 1.01. The minimum absolute atomic E-state index is 0.221. The fraction of sp³-hybridized carbons (Fsp3) is 0.500. The van der Waals surface area contributed by atoms with E-state index in [0.717, 1.165) is 19.3 Å². The predicted molar refractivity (Wildman–Crippen MR) is 68.2 cm³/mol. The predicted octanol–water partition coefficient (Wildman–Crippen LogP) is 3.80. The quantitative estimate of drug-likeness (QED) is 0.283. The summed E-state index contributed by atoms with van der Waals surface area (Å²) in [5, 5.41) is 0. The summed E-state index contributed by atoms with van der Waals surface area (Å²) in [4.78, 5) is 11.2. The second-order valence-corrected chi connectivity index (χ2v) is 3.48. The SMILES string of the molecule is C/C=C(\C)C(=O)OCC/C=C/C/C=C/CC. The summed E-state index contributed by atoms with van der Waals surface area (Å²) in [5.41, 5.74) is 0.662. The van der Waals surface area contributed by atoms with Crippen LogP contribution in [0.1, 0.15) is 40.0 Å². The van der Waals surface area contributed by atoms with Crippen LogP contribution in [0.5, 0.6) is 0 Å². The Labute approximate surface area is 98.7 Å². The lowest BCUT2D eigenvalue weighted by molar-refractivity contribution is -0.138. The standard InChI is InChI=1S/C14H22O2/c1-4-6-7-8-9-10-11-12-16-14(15)13(3)5-2/h5-7,9-10H,4,8,11-12H2,1-3H3/b7-6+,10-9+,13-5+. The van der Waals surface area contributed by atoms with Crippen molar-refractivity contribution in [2.75, 3.05) is 6.61 Å². The molecule has 0 aliphatic heterocycles. The molecule has 0 amide bonds. The van der Waals surface area contributed by atoms with Crippen LogP contribution in [-0.4, -0.2) is 12.6 Å². The Bertz CT molecular complexity index is 272. The highest BCUT2D eigenvalue weighted by atomic mass is 16.5. The number of carbonyl (C=O) groups is 1. The molecule has 0 saturated carbocycles. The van der Waals surface area contributed by atoms with E-state index in [1.807, 2.05) is 13.0 Å². The van der Waals surface area contributed by atoms with Crippen molar-refractivity contribution in [3.8, 4) is 0 Å². The zero-order valence-electron chi connectivity index (χ0n) is 10.5. The summed E-state index contributed by atoms with van der Waals surface area (Å²) in [5.74, 6) is -0.221. The van der Waals surface area contributed by atoms with Crippen LogP contribution in [-0.2, 0) is 9.53 Å². The van der Waals surface area contributed by atoms with Gasteiger partial charge in [-0.3, -0.25) is 0 Å². The zero-order chi connectivity index (χ0) is 12.2. The Morgan fingerprint density at radius 1 is 1.19 bits per heavy atom. The monoisotopic (exact) mass is 222 g/mol. The van der Waals surface area contributed by atoms with Gasteiger partial charge in [0, 0.05) is 5.57 Å². The number of esters is 1. The van der Waals surface area contributed by atoms with E-state index >= 15 is 0 Å². The van der Waals surface area contributed by atoms with Gasteiger partial charge in [0.15, 0.2) is 0 Å². The summed E-state index contributed by atoms with van der Waals surface area (Å²) in [6.45, 7) is 6.16. The Balaban J connectivity index is 3.53. The van der Waals surface area contributed by atoms with Gasteiger partial charge in [-0.1, -0.05) is 37.3 Å². The second-order valence-electron chi connectivity index (χ2n) is 3.48. The van der Waals surface area contributed by atoms with Gasteiger partial charge in [-0.15, -0.1) is 0 Å². The zero-order valence-corrected chi connectivity index (χ0v) is 10.5. The smallest absolute Gasteiger partial charge is 0.333 e. The van der Waals surface area contributed by atoms with Crippen LogP contribution >= 0.6 is 0 Å². The van der Waals surface area contributed by atoms with Crippen LogP contribution in [0.25, 0.3) is 0 Å². The first-order valence-electron chi connectivity index (χ1n) is 5.82. The number of ether oxygens (including phenoxy) is 1. The van der Waals surface area contributed by atoms with E-state index in [1.165, 1.54) is 0 Å². The van der Waals surface area contributed by atoms with Crippen molar-refractivity contribution in [2.45, 2.75) is 40.0 Å². The number of allylic oxidation sites excluding steroid dienone is 4. The third kappa shape index (κ3) is 8.04. The third-order valence-corrected chi connectivity index (χ3v) is 2.11. The van der Waals surface area contributed by atoms with E-state index in [-0.39, 0.29) is 5.97 Å².